The topological polar surface area (TPSA) is 17.1 Å². The minimum atomic E-state index is 0.0602. The zero-order chi connectivity index (χ0) is 13.8. The van der Waals surface area contributed by atoms with E-state index < -0.39 is 0 Å². The van der Waals surface area contributed by atoms with Crippen LogP contribution in [-0.4, -0.2) is 5.78 Å². The molecule has 0 aromatic heterocycles. The maximum absolute atomic E-state index is 12.1. The van der Waals surface area contributed by atoms with Crippen LogP contribution in [0, 0.1) is 6.92 Å². The van der Waals surface area contributed by atoms with E-state index in [4.69, 9.17) is 23.2 Å². The summed E-state index contributed by atoms with van der Waals surface area (Å²) in [5, 5.41) is 0.984. The summed E-state index contributed by atoms with van der Waals surface area (Å²) in [5.74, 6) is 0.0602. The molecule has 0 atom stereocenters. The van der Waals surface area contributed by atoms with Crippen LogP contribution in [0.5, 0.6) is 0 Å². The molecule has 0 aliphatic rings. The van der Waals surface area contributed by atoms with Crippen molar-refractivity contribution in [3.63, 3.8) is 0 Å². The van der Waals surface area contributed by atoms with Crippen molar-refractivity contribution in [2.24, 2.45) is 0 Å². The molecule has 0 N–H and O–H groups in total. The van der Waals surface area contributed by atoms with Gasteiger partial charge in [-0.05, 0) is 37.1 Å². The second-order valence-electron chi connectivity index (χ2n) is 4.57. The molecule has 2 rings (SSSR count). The van der Waals surface area contributed by atoms with E-state index in [2.05, 4.69) is 12.1 Å². The largest absolute Gasteiger partial charge is 0.294 e. The van der Waals surface area contributed by atoms with Crippen LogP contribution in [0.15, 0.2) is 42.5 Å². The van der Waals surface area contributed by atoms with E-state index in [1.807, 2.05) is 19.1 Å². The van der Waals surface area contributed by atoms with E-state index in [1.165, 1.54) is 5.56 Å². The molecule has 0 heterocycles. The first kappa shape index (κ1) is 14.1. The van der Waals surface area contributed by atoms with Gasteiger partial charge in [-0.2, -0.15) is 0 Å². The molecule has 0 bridgehead atoms. The Bertz CT molecular complexity index is 568. The second kappa shape index (κ2) is 6.23. The Labute approximate surface area is 123 Å². The summed E-state index contributed by atoms with van der Waals surface area (Å²) < 4.78 is 0. The third kappa shape index (κ3) is 4.09. The Morgan fingerprint density at radius 2 is 1.58 bits per heavy atom. The molecule has 0 radical (unpaired) electrons. The summed E-state index contributed by atoms with van der Waals surface area (Å²) in [6, 6.07) is 13.1. The van der Waals surface area contributed by atoms with Gasteiger partial charge in [-0.15, -0.1) is 0 Å². The van der Waals surface area contributed by atoms with Crippen molar-refractivity contribution in [3.05, 3.63) is 69.2 Å². The van der Waals surface area contributed by atoms with Crippen molar-refractivity contribution in [3.8, 4) is 0 Å². The van der Waals surface area contributed by atoms with Gasteiger partial charge in [0.1, 0.15) is 0 Å². The van der Waals surface area contributed by atoms with Gasteiger partial charge in [-0.3, -0.25) is 4.79 Å². The third-order valence-electron chi connectivity index (χ3n) is 2.95. The standard InChI is InChI=1S/C16H14Cl2O/c1-11-2-4-12(5-3-11)6-7-16(19)13-8-14(17)10-15(18)9-13/h2-5,8-10H,6-7H2,1H3. The lowest BCUT2D eigenvalue weighted by Crippen LogP contribution is -2.01. The number of aryl methyl sites for hydroxylation is 2. The van der Waals surface area contributed by atoms with Crippen LogP contribution in [0.1, 0.15) is 27.9 Å². The average Bonchev–Trinajstić information content (AvgIpc) is 2.36. The van der Waals surface area contributed by atoms with Gasteiger partial charge in [0.15, 0.2) is 5.78 Å². The van der Waals surface area contributed by atoms with Crippen LogP contribution in [-0.2, 0) is 6.42 Å². The number of ketones is 1. The van der Waals surface area contributed by atoms with Crippen LogP contribution >= 0.6 is 23.2 Å². The minimum absolute atomic E-state index is 0.0602. The molecule has 98 valence electrons. The maximum Gasteiger partial charge on any atom is 0.163 e. The number of rotatable bonds is 4. The smallest absolute Gasteiger partial charge is 0.163 e. The molecule has 0 unspecified atom stereocenters. The highest BCUT2D eigenvalue weighted by molar-refractivity contribution is 6.35. The Kier molecular flexibility index (Phi) is 4.62. The summed E-state index contributed by atoms with van der Waals surface area (Å²) in [7, 11) is 0. The van der Waals surface area contributed by atoms with Gasteiger partial charge in [0.05, 0.1) is 0 Å². The molecule has 0 saturated heterocycles. The molecule has 0 fully saturated rings. The summed E-state index contributed by atoms with van der Waals surface area (Å²) >= 11 is 11.8. The summed E-state index contributed by atoms with van der Waals surface area (Å²) in [4.78, 5) is 12.1. The van der Waals surface area contributed by atoms with Gasteiger partial charge >= 0.3 is 0 Å². The Morgan fingerprint density at radius 1 is 1.00 bits per heavy atom. The van der Waals surface area contributed by atoms with Crippen LogP contribution in [0.3, 0.4) is 0 Å². The second-order valence-corrected chi connectivity index (χ2v) is 5.44. The fourth-order valence-corrected chi connectivity index (χ4v) is 2.40. The Morgan fingerprint density at radius 3 is 2.16 bits per heavy atom. The predicted octanol–water partition coefficient (Wildman–Crippen LogP) is 5.12. The highest BCUT2D eigenvalue weighted by Crippen LogP contribution is 2.20. The number of hydrogen-bond donors (Lipinski definition) is 0. The Balaban J connectivity index is 2.03. The third-order valence-corrected chi connectivity index (χ3v) is 3.38. The Hall–Kier alpha value is -1.31. The highest BCUT2D eigenvalue weighted by Gasteiger charge is 2.08. The molecule has 0 spiro atoms. The molecule has 0 saturated carbocycles. The number of carbonyl (C=O) groups excluding carboxylic acids is 1. The van der Waals surface area contributed by atoms with Crippen molar-refractivity contribution in [1.82, 2.24) is 0 Å². The van der Waals surface area contributed by atoms with Crippen LogP contribution in [0.25, 0.3) is 0 Å². The van der Waals surface area contributed by atoms with E-state index in [0.717, 1.165) is 12.0 Å². The van der Waals surface area contributed by atoms with Gasteiger partial charge < -0.3 is 0 Å². The first-order valence-corrected chi connectivity index (χ1v) is 6.85. The normalized spacial score (nSPS) is 10.5. The maximum atomic E-state index is 12.1. The molecule has 0 amide bonds. The molecule has 0 aliphatic heterocycles. The van der Waals surface area contributed by atoms with Crippen LogP contribution in [0.2, 0.25) is 10.0 Å². The van der Waals surface area contributed by atoms with Crippen molar-refractivity contribution >= 4 is 29.0 Å². The van der Waals surface area contributed by atoms with Crippen molar-refractivity contribution < 1.29 is 4.79 Å². The van der Waals surface area contributed by atoms with Gasteiger partial charge in [0, 0.05) is 22.0 Å². The van der Waals surface area contributed by atoms with Gasteiger partial charge in [0.2, 0.25) is 0 Å². The van der Waals surface area contributed by atoms with Crippen molar-refractivity contribution in [2.45, 2.75) is 19.8 Å². The zero-order valence-corrected chi connectivity index (χ0v) is 12.1. The van der Waals surface area contributed by atoms with Crippen molar-refractivity contribution in [1.29, 1.82) is 0 Å². The summed E-state index contributed by atoms with van der Waals surface area (Å²) in [5.41, 5.74) is 2.95. The summed E-state index contributed by atoms with van der Waals surface area (Å²) in [6.45, 7) is 2.04. The zero-order valence-electron chi connectivity index (χ0n) is 10.6. The predicted molar refractivity (Wildman–Crippen MR) is 80.3 cm³/mol. The number of hydrogen-bond acceptors (Lipinski definition) is 1. The van der Waals surface area contributed by atoms with E-state index in [1.54, 1.807) is 18.2 Å². The van der Waals surface area contributed by atoms with E-state index in [9.17, 15) is 4.79 Å². The van der Waals surface area contributed by atoms with E-state index in [0.29, 0.717) is 22.0 Å². The van der Waals surface area contributed by atoms with Crippen LogP contribution < -0.4 is 0 Å². The first-order valence-electron chi connectivity index (χ1n) is 6.09. The minimum Gasteiger partial charge on any atom is -0.294 e. The van der Waals surface area contributed by atoms with Gasteiger partial charge in [-0.1, -0.05) is 53.0 Å². The van der Waals surface area contributed by atoms with Crippen LogP contribution in [0.4, 0.5) is 0 Å². The molecule has 1 nitrogen and oxygen atoms in total. The van der Waals surface area contributed by atoms with Crippen molar-refractivity contribution in [2.75, 3.05) is 0 Å². The van der Waals surface area contributed by atoms with Gasteiger partial charge in [-0.25, -0.2) is 0 Å². The quantitative estimate of drug-likeness (QED) is 0.715. The number of carbonyl (C=O) groups is 1. The molecular formula is C16H14Cl2O. The molecule has 2 aromatic rings. The first-order chi connectivity index (χ1) is 9.04. The number of halogens is 2. The highest BCUT2D eigenvalue weighted by atomic mass is 35.5. The number of Topliss-reactive ketones (excluding diaryl/α,β-unsaturated/α-hetero) is 1. The van der Waals surface area contributed by atoms with E-state index >= 15 is 0 Å². The van der Waals surface area contributed by atoms with Gasteiger partial charge in [0.25, 0.3) is 0 Å². The SMILES string of the molecule is Cc1ccc(CCC(=O)c2cc(Cl)cc(Cl)c2)cc1. The fraction of sp³-hybridized carbons (Fsp3) is 0.188. The molecular weight excluding hydrogens is 279 g/mol. The monoisotopic (exact) mass is 292 g/mol. The molecule has 2 aromatic carbocycles. The molecule has 0 aliphatic carbocycles. The fourth-order valence-electron chi connectivity index (χ4n) is 1.87. The number of benzene rings is 2. The lowest BCUT2D eigenvalue weighted by atomic mass is 10.0. The molecule has 3 heteroatoms. The lowest BCUT2D eigenvalue weighted by Gasteiger charge is -2.04. The molecule has 19 heavy (non-hydrogen) atoms. The average molecular weight is 293 g/mol. The lowest BCUT2D eigenvalue weighted by molar-refractivity contribution is 0.0983. The summed E-state index contributed by atoms with van der Waals surface area (Å²) in [6.07, 6.45) is 1.18. The van der Waals surface area contributed by atoms with E-state index in [-0.39, 0.29) is 5.78 Å².